The molecule has 3 aromatic carbocycles. The maximum absolute atomic E-state index is 12.1. The van der Waals surface area contributed by atoms with Gasteiger partial charge < -0.3 is 20.8 Å². The van der Waals surface area contributed by atoms with Crippen LogP contribution in [0.1, 0.15) is 45.7 Å². The highest BCUT2D eigenvalue weighted by atomic mass is 16.4. The molecule has 0 saturated carbocycles. The SMILES string of the molecule is C#Cc1ccc(NC(=O)c2ccccc2C(=O)O)cc1.C#Cc1ccc(NCC)cc1.CC(=O)O. The number of aliphatic carboxylic acids is 1. The summed E-state index contributed by atoms with van der Waals surface area (Å²) < 4.78 is 0. The molecule has 7 nitrogen and oxygen atoms in total. The Hall–Kier alpha value is -5.01. The molecule has 0 aromatic heterocycles. The third kappa shape index (κ3) is 10.4. The fourth-order valence-corrected chi connectivity index (χ4v) is 2.60. The summed E-state index contributed by atoms with van der Waals surface area (Å²) in [4.78, 5) is 32.1. The van der Waals surface area contributed by atoms with Crippen molar-refractivity contribution < 1.29 is 24.6 Å². The van der Waals surface area contributed by atoms with E-state index in [1.54, 1.807) is 36.4 Å². The fraction of sp³-hybridized carbons (Fsp3) is 0.107. The molecule has 0 atom stereocenters. The molecular formula is C28H26N2O5. The van der Waals surface area contributed by atoms with Crippen molar-refractivity contribution in [2.45, 2.75) is 13.8 Å². The van der Waals surface area contributed by atoms with Crippen molar-refractivity contribution >= 4 is 29.2 Å². The molecule has 0 bridgehead atoms. The predicted molar refractivity (Wildman–Crippen MR) is 138 cm³/mol. The van der Waals surface area contributed by atoms with E-state index >= 15 is 0 Å². The first-order chi connectivity index (χ1) is 16.7. The third-order valence-corrected chi connectivity index (χ3v) is 4.14. The Morgan fingerprint density at radius 3 is 1.60 bits per heavy atom. The minimum Gasteiger partial charge on any atom is -0.481 e. The highest BCUT2D eigenvalue weighted by Crippen LogP contribution is 2.14. The maximum Gasteiger partial charge on any atom is 0.336 e. The number of nitrogens with one attached hydrogen (secondary N) is 2. The fourth-order valence-electron chi connectivity index (χ4n) is 2.60. The summed E-state index contributed by atoms with van der Waals surface area (Å²) in [5.74, 6) is 2.59. The summed E-state index contributed by atoms with van der Waals surface area (Å²) in [6.45, 7) is 4.09. The van der Waals surface area contributed by atoms with E-state index in [0.717, 1.165) is 24.7 Å². The lowest BCUT2D eigenvalue weighted by Gasteiger charge is -2.07. The summed E-state index contributed by atoms with van der Waals surface area (Å²) in [5.41, 5.74) is 3.37. The molecule has 3 rings (SSSR count). The van der Waals surface area contributed by atoms with Crippen LogP contribution < -0.4 is 10.6 Å². The van der Waals surface area contributed by atoms with Crippen molar-refractivity contribution in [2.75, 3.05) is 17.2 Å². The van der Waals surface area contributed by atoms with Gasteiger partial charge >= 0.3 is 5.97 Å². The number of aromatic carboxylic acids is 1. The molecule has 35 heavy (non-hydrogen) atoms. The molecule has 0 aliphatic rings. The summed E-state index contributed by atoms with van der Waals surface area (Å²) in [5, 5.41) is 22.3. The van der Waals surface area contributed by atoms with Crippen LogP contribution in [-0.2, 0) is 4.79 Å². The minimum atomic E-state index is -1.14. The Balaban J connectivity index is 0.000000342. The number of hydrogen-bond donors (Lipinski definition) is 4. The largest absolute Gasteiger partial charge is 0.481 e. The Labute approximate surface area is 204 Å². The van der Waals surface area contributed by atoms with Gasteiger partial charge in [0.25, 0.3) is 11.9 Å². The number of carbonyl (C=O) groups excluding carboxylic acids is 1. The monoisotopic (exact) mass is 470 g/mol. The smallest absolute Gasteiger partial charge is 0.336 e. The number of amides is 1. The van der Waals surface area contributed by atoms with Crippen molar-refractivity contribution in [3.05, 3.63) is 95.1 Å². The molecule has 3 aromatic rings. The van der Waals surface area contributed by atoms with E-state index in [-0.39, 0.29) is 11.1 Å². The van der Waals surface area contributed by atoms with E-state index in [9.17, 15) is 9.59 Å². The van der Waals surface area contributed by atoms with Gasteiger partial charge in [0.05, 0.1) is 11.1 Å². The van der Waals surface area contributed by atoms with Gasteiger partial charge in [-0.25, -0.2) is 4.79 Å². The number of carbonyl (C=O) groups is 3. The Kier molecular flexibility index (Phi) is 12.0. The average Bonchev–Trinajstić information content (AvgIpc) is 2.85. The van der Waals surface area contributed by atoms with Crippen molar-refractivity contribution in [1.82, 2.24) is 0 Å². The molecule has 4 N–H and O–H groups in total. The van der Waals surface area contributed by atoms with E-state index < -0.39 is 17.8 Å². The second-order valence-electron chi connectivity index (χ2n) is 6.80. The lowest BCUT2D eigenvalue weighted by Crippen LogP contribution is -2.16. The van der Waals surface area contributed by atoms with Crippen LogP contribution in [0.25, 0.3) is 0 Å². The van der Waals surface area contributed by atoms with E-state index in [4.69, 9.17) is 27.9 Å². The third-order valence-electron chi connectivity index (χ3n) is 4.14. The number of terminal acetylenes is 2. The normalized spacial score (nSPS) is 8.91. The van der Waals surface area contributed by atoms with Gasteiger partial charge in [-0.15, -0.1) is 12.8 Å². The number of hydrogen-bond acceptors (Lipinski definition) is 4. The maximum atomic E-state index is 12.1. The van der Waals surface area contributed by atoms with Crippen molar-refractivity contribution in [1.29, 1.82) is 0 Å². The highest BCUT2D eigenvalue weighted by Gasteiger charge is 2.15. The molecule has 0 fully saturated rings. The van der Waals surface area contributed by atoms with E-state index in [2.05, 4.69) is 29.4 Å². The molecule has 0 radical (unpaired) electrons. The van der Waals surface area contributed by atoms with Crippen LogP contribution in [0.5, 0.6) is 0 Å². The molecule has 0 saturated heterocycles. The summed E-state index contributed by atoms with van der Waals surface area (Å²) >= 11 is 0. The van der Waals surface area contributed by atoms with Crippen LogP contribution in [0, 0.1) is 24.7 Å². The number of carboxylic acids is 2. The van der Waals surface area contributed by atoms with Crippen LogP contribution >= 0.6 is 0 Å². The Morgan fingerprint density at radius 1 is 0.771 bits per heavy atom. The first-order valence-corrected chi connectivity index (χ1v) is 10.4. The van der Waals surface area contributed by atoms with Gasteiger partial charge in [-0.1, -0.05) is 24.0 Å². The Bertz CT molecular complexity index is 1210. The molecule has 178 valence electrons. The Morgan fingerprint density at radius 2 is 1.20 bits per heavy atom. The molecule has 0 aliphatic heterocycles. The average molecular weight is 471 g/mol. The zero-order valence-electron chi connectivity index (χ0n) is 19.4. The van der Waals surface area contributed by atoms with Crippen LogP contribution in [0.15, 0.2) is 72.8 Å². The van der Waals surface area contributed by atoms with Crippen molar-refractivity contribution in [2.24, 2.45) is 0 Å². The van der Waals surface area contributed by atoms with Crippen molar-refractivity contribution in [3.63, 3.8) is 0 Å². The standard InChI is InChI=1S/C16H11NO3.C10H11N.C2H4O2/c1-2-11-7-9-12(10-8-11)17-15(18)13-5-3-4-6-14(13)16(19)20;1-3-9-5-7-10(8-6-9)11-4-2;1-2(3)4/h1,3-10H,(H,17,18)(H,19,20);1,5-8,11H,4H2,2H3;1H3,(H,3,4). The molecule has 1 amide bonds. The second kappa shape index (κ2) is 14.9. The van der Waals surface area contributed by atoms with E-state index in [1.807, 2.05) is 24.3 Å². The van der Waals surface area contributed by atoms with Gasteiger partial charge in [-0.2, -0.15) is 0 Å². The number of anilines is 2. The van der Waals surface area contributed by atoms with Gasteiger partial charge in [-0.05, 0) is 67.6 Å². The van der Waals surface area contributed by atoms with Crippen LogP contribution in [0.4, 0.5) is 11.4 Å². The molecule has 0 spiro atoms. The predicted octanol–water partition coefficient (Wildman–Crippen LogP) is 4.81. The molecule has 0 aliphatic carbocycles. The van der Waals surface area contributed by atoms with Crippen LogP contribution in [-0.4, -0.2) is 34.6 Å². The quantitative estimate of drug-likeness (QED) is 0.398. The summed E-state index contributed by atoms with van der Waals surface area (Å²) in [6, 6.07) is 20.6. The first kappa shape index (κ1) is 28.0. The zero-order valence-corrected chi connectivity index (χ0v) is 19.4. The van der Waals surface area contributed by atoms with Gasteiger partial charge in [0, 0.05) is 36.0 Å². The molecule has 0 unspecified atom stereocenters. The summed E-state index contributed by atoms with van der Waals surface area (Å²) in [7, 11) is 0. The molecule has 7 heteroatoms. The van der Waals surface area contributed by atoms with Gasteiger partial charge in [0.1, 0.15) is 0 Å². The van der Waals surface area contributed by atoms with Crippen molar-refractivity contribution in [3.8, 4) is 24.7 Å². The van der Waals surface area contributed by atoms with Gasteiger partial charge in [-0.3, -0.25) is 9.59 Å². The van der Waals surface area contributed by atoms with Gasteiger partial charge in [0.2, 0.25) is 0 Å². The number of rotatable bonds is 5. The lowest BCUT2D eigenvalue weighted by atomic mass is 10.1. The topological polar surface area (TPSA) is 116 Å². The first-order valence-electron chi connectivity index (χ1n) is 10.4. The number of benzene rings is 3. The second-order valence-corrected chi connectivity index (χ2v) is 6.80. The summed E-state index contributed by atoms with van der Waals surface area (Å²) in [6.07, 6.45) is 10.4. The minimum absolute atomic E-state index is 0.0368. The van der Waals surface area contributed by atoms with E-state index in [1.165, 1.54) is 12.1 Å². The zero-order chi connectivity index (χ0) is 26.2. The van der Waals surface area contributed by atoms with Gasteiger partial charge in [0.15, 0.2) is 0 Å². The highest BCUT2D eigenvalue weighted by molar-refractivity contribution is 6.10. The molecule has 0 heterocycles. The van der Waals surface area contributed by atoms with E-state index in [0.29, 0.717) is 11.3 Å². The molecular weight excluding hydrogens is 444 g/mol. The van der Waals surface area contributed by atoms with Crippen LogP contribution in [0.2, 0.25) is 0 Å². The number of carboxylic acid groups (broad SMARTS) is 2. The van der Waals surface area contributed by atoms with Crippen LogP contribution in [0.3, 0.4) is 0 Å². The lowest BCUT2D eigenvalue weighted by molar-refractivity contribution is -0.134.